The van der Waals surface area contributed by atoms with Gasteiger partial charge in [0.2, 0.25) is 5.91 Å². The number of nitrogens with one attached hydrogen (secondary N) is 1. The second kappa shape index (κ2) is 9.87. The van der Waals surface area contributed by atoms with Gasteiger partial charge in [-0.2, -0.15) is 0 Å². The lowest BCUT2D eigenvalue weighted by atomic mass is 9.87. The second-order valence-corrected chi connectivity index (χ2v) is 9.79. The molecule has 4 rings (SSSR count). The molecule has 31 heavy (non-hydrogen) atoms. The molecule has 1 N–H and O–H groups in total. The van der Waals surface area contributed by atoms with Crippen LogP contribution in [0.4, 0.5) is 5.69 Å². The van der Waals surface area contributed by atoms with E-state index in [2.05, 4.69) is 28.5 Å². The van der Waals surface area contributed by atoms with Gasteiger partial charge in [-0.05, 0) is 55.9 Å². The Labute approximate surface area is 191 Å². The van der Waals surface area contributed by atoms with Crippen LogP contribution in [0.5, 0.6) is 5.75 Å². The van der Waals surface area contributed by atoms with E-state index in [1.54, 1.807) is 0 Å². The zero-order chi connectivity index (χ0) is 21.8. The van der Waals surface area contributed by atoms with Gasteiger partial charge in [-0.25, -0.2) is 0 Å². The Morgan fingerprint density at radius 3 is 2.97 bits per heavy atom. The van der Waals surface area contributed by atoms with Crippen molar-refractivity contribution < 1.29 is 9.53 Å². The number of carbonyl (C=O) groups excluding carboxylic acids is 1. The number of carbonyl (C=O) groups is 1. The number of aryl methyl sites for hydroxylation is 1. The van der Waals surface area contributed by atoms with E-state index in [0.29, 0.717) is 18.0 Å². The van der Waals surface area contributed by atoms with E-state index in [0.717, 1.165) is 16.9 Å². The van der Waals surface area contributed by atoms with E-state index in [-0.39, 0.29) is 11.7 Å². The van der Waals surface area contributed by atoms with Crippen LogP contribution in [-0.2, 0) is 24.7 Å². The molecule has 0 saturated heterocycles. The summed E-state index contributed by atoms with van der Waals surface area (Å²) in [6.07, 6.45) is 4.87. The standard InChI is InChI=1S/C23H28N4O2S2/c1-4-15-10-11-19-16(12-15)13-20(31-19)22-25-26-23(27(22)3)30-14-21(28)24-17-8-6-7-9-18(17)29-5-2/h6-9,13,15H,4-5,10-12,14H2,1-3H3,(H,24,28). The highest BCUT2D eigenvalue weighted by atomic mass is 32.2. The Morgan fingerprint density at radius 1 is 1.32 bits per heavy atom. The van der Waals surface area contributed by atoms with E-state index >= 15 is 0 Å². The predicted octanol–water partition coefficient (Wildman–Crippen LogP) is 5.19. The van der Waals surface area contributed by atoms with Gasteiger partial charge in [0.15, 0.2) is 11.0 Å². The number of para-hydroxylation sites is 2. The van der Waals surface area contributed by atoms with Crippen molar-refractivity contribution in [2.24, 2.45) is 13.0 Å². The summed E-state index contributed by atoms with van der Waals surface area (Å²) in [5.41, 5.74) is 2.16. The lowest BCUT2D eigenvalue weighted by molar-refractivity contribution is -0.113. The van der Waals surface area contributed by atoms with Crippen molar-refractivity contribution in [3.05, 3.63) is 40.8 Å². The van der Waals surface area contributed by atoms with Crippen molar-refractivity contribution in [3.8, 4) is 16.5 Å². The van der Waals surface area contributed by atoms with E-state index in [1.807, 2.05) is 54.1 Å². The fourth-order valence-electron chi connectivity index (χ4n) is 3.88. The van der Waals surface area contributed by atoms with Crippen LogP contribution >= 0.6 is 23.1 Å². The Kier molecular flexibility index (Phi) is 6.97. The molecular formula is C23H28N4O2S2. The van der Waals surface area contributed by atoms with Gasteiger partial charge in [-0.15, -0.1) is 21.5 Å². The number of aromatic nitrogens is 3. The number of fused-ring (bicyclic) bond motifs is 1. The van der Waals surface area contributed by atoms with Crippen molar-refractivity contribution in [1.29, 1.82) is 0 Å². The molecule has 1 amide bonds. The number of hydrogen-bond acceptors (Lipinski definition) is 6. The minimum Gasteiger partial charge on any atom is -0.492 e. The largest absolute Gasteiger partial charge is 0.492 e. The number of nitrogens with zero attached hydrogens (tertiary/aromatic N) is 3. The molecule has 1 aliphatic carbocycles. The highest BCUT2D eigenvalue weighted by Gasteiger charge is 2.22. The van der Waals surface area contributed by atoms with Crippen molar-refractivity contribution >= 4 is 34.7 Å². The molecule has 0 spiro atoms. The lowest BCUT2D eigenvalue weighted by Gasteiger charge is -2.19. The monoisotopic (exact) mass is 456 g/mol. The summed E-state index contributed by atoms with van der Waals surface area (Å²) in [5.74, 6) is 2.50. The number of anilines is 1. The molecular weight excluding hydrogens is 428 g/mol. The van der Waals surface area contributed by atoms with Gasteiger partial charge in [0, 0.05) is 11.9 Å². The Bertz CT molecular complexity index is 1060. The van der Waals surface area contributed by atoms with Crippen LogP contribution in [0.15, 0.2) is 35.5 Å². The predicted molar refractivity (Wildman–Crippen MR) is 127 cm³/mol. The number of benzene rings is 1. The Balaban J connectivity index is 1.40. The maximum absolute atomic E-state index is 12.5. The molecule has 0 bridgehead atoms. The third-order valence-corrected chi connectivity index (χ3v) is 7.86. The minimum atomic E-state index is -0.0982. The Hall–Kier alpha value is -2.32. The molecule has 164 valence electrons. The zero-order valence-corrected chi connectivity index (χ0v) is 19.8. The van der Waals surface area contributed by atoms with Gasteiger partial charge < -0.3 is 14.6 Å². The minimum absolute atomic E-state index is 0.0982. The number of thioether (sulfide) groups is 1. The maximum atomic E-state index is 12.5. The topological polar surface area (TPSA) is 69.0 Å². The van der Waals surface area contributed by atoms with E-state index < -0.39 is 0 Å². The van der Waals surface area contributed by atoms with E-state index in [1.165, 1.54) is 52.8 Å². The van der Waals surface area contributed by atoms with Gasteiger partial charge in [0.05, 0.1) is 22.9 Å². The third kappa shape index (κ3) is 4.96. The quantitative estimate of drug-likeness (QED) is 0.473. The molecule has 1 unspecified atom stereocenters. The third-order valence-electron chi connectivity index (χ3n) is 5.61. The second-order valence-electron chi connectivity index (χ2n) is 7.71. The SMILES string of the molecule is CCOc1ccccc1NC(=O)CSc1nnc(-c2cc3c(s2)CCC(CC)C3)n1C. The van der Waals surface area contributed by atoms with Crippen molar-refractivity contribution in [1.82, 2.24) is 14.8 Å². The first kappa shape index (κ1) is 21.9. The van der Waals surface area contributed by atoms with E-state index in [9.17, 15) is 4.79 Å². The average molecular weight is 457 g/mol. The molecule has 6 nitrogen and oxygen atoms in total. The molecule has 1 aliphatic rings. The van der Waals surface area contributed by atoms with Gasteiger partial charge >= 0.3 is 0 Å². The molecule has 3 aromatic rings. The van der Waals surface area contributed by atoms with Crippen LogP contribution in [0.2, 0.25) is 0 Å². The molecule has 2 heterocycles. The number of amides is 1. The maximum Gasteiger partial charge on any atom is 0.234 e. The molecule has 0 aliphatic heterocycles. The fourth-order valence-corrected chi connectivity index (χ4v) is 5.82. The van der Waals surface area contributed by atoms with Gasteiger partial charge in [0.1, 0.15) is 5.75 Å². The van der Waals surface area contributed by atoms with Gasteiger partial charge in [-0.3, -0.25) is 4.79 Å². The number of ether oxygens (including phenoxy) is 1. The Morgan fingerprint density at radius 2 is 2.16 bits per heavy atom. The summed E-state index contributed by atoms with van der Waals surface area (Å²) in [4.78, 5) is 15.1. The molecule has 1 atom stereocenters. The molecule has 8 heteroatoms. The molecule has 0 saturated carbocycles. The summed E-state index contributed by atoms with van der Waals surface area (Å²) >= 11 is 3.22. The first-order valence-electron chi connectivity index (χ1n) is 10.7. The molecule has 0 radical (unpaired) electrons. The zero-order valence-electron chi connectivity index (χ0n) is 18.2. The van der Waals surface area contributed by atoms with Crippen LogP contribution in [0.3, 0.4) is 0 Å². The van der Waals surface area contributed by atoms with Crippen molar-refractivity contribution in [3.63, 3.8) is 0 Å². The molecule has 2 aromatic heterocycles. The van der Waals surface area contributed by atoms with Crippen LogP contribution in [0.1, 0.15) is 37.1 Å². The van der Waals surface area contributed by atoms with Crippen LogP contribution in [0, 0.1) is 5.92 Å². The summed E-state index contributed by atoms with van der Waals surface area (Å²) in [6.45, 7) is 4.75. The van der Waals surface area contributed by atoms with Crippen LogP contribution < -0.4 is 10.1 Å². The first-order chi connectivity index (χ1) is 15.1. The van der Waals surface area contributed by atoms with Crippen LogP contribution in [0.25, 0.3) is 10.7 Å². The normalized spacial score (nSPS) is 15.5. The van der Waals surface area contributed by atoms with Gasteiger partial charge in [0.25, 0.3) is 0 Å². The first-order valence-corrected chi connectivity index (χ1v) is 12.5. The number of thiophene rings is 1. The number of hydrogen-bond donors (Lipinski definition) is 1. The van der Waals surface area contributed by atoms with E-state index in [4.69, 9.17) is 4.74 Å². The molecule has 1 aromatic carbocycles. The summed E-state index contributed by atoms with van der Waals surface area (Å²) in [6, 6.07) is 9.75. The summed E-state index contributed by atoms with van der Waals surface area (Å²) in [5, 5.41) is 12.4. The molecule has 0 fully saturated rings. The lowest BCUT2D eigenvalue weighted by Crippen LogP contribution is -2.15. The highest BCUT2D eigenvalue weighted by Crippen LogP contribution is 2.38. The fraction of sp³-hybridized carbons (Fsp3) is 0.435. The van der Waals surface area contributed by atoms with Crippen LogP contribution in [-0.4, -0.2) is 33.0 Å². The average Bonchev–Trinajstić information content (AvgIpc) is 3.36. The smallest absolute Gasteiger partial charge is 0.234 e. The van der Waals surface area contributed by atoms with Crippen molar-refractivity contribution in [2.75, 3.05) is 17.7 Å². The van der Waals surface area contributed by atoms with Gasteiger partial charge in [-0.1, -0.05) is 37.2 Å². The summed E-state index contributed by atoms with van der Waals surface area (Å²) in [7, 11) is 1.97. The highest BCUT2D eigenvalue weighted by molar-refractivity contribution is 7.99. The number of rotatable bonds is 8. The van der Waals surface area contributed by atoms with Crippen molar-refractivity contribution in [2.45, 2.75) is 44.7 Å². The summed E-state index contributed by atoms with van der Waals surface area (Å²) < 4.78 is 7.56.